The minimum atomic E-state index is 0.0822. The smallest absolute Gasteiger partial charge is 0.0460 e. The van der Waals surface area contributed by atoms with E-state index in [1.165, 1.54) is 0 Å². The van der Waals surface area contributed by atoms with Crippen molar-refractivity contribution in [3.05, 3.63) is 23.3 Å². The van der Waals surface area contributed by atoms with E-state index in [4.69, 9.17) is 11.6 Å². The average Bonchev–Trinajstić information content (AvgIpc) is 1.60. The van der Waals surface area contributed by atoms with Gasteiger partial charge in [-0.25, -0.2) is 0 Å². The quantitative estimate of drug-likeness (QED) is 0.535. The number of rotatable bonds is 0. The molecule has 0 aliphatic heterocycles. The molecule has 0 fully saturated rings. The Labute approximate surface area is 68.7 Å². The zero-order valence-corrected chi connectivity index (χ0v) is 7.54. The van der Waals surface area contributed by atoms with Gasteiger partial charge in [-0.05, 0) is 13.0 Å². The highest BCUT2D eigenvalue weighted by Crippen LogP contribution is 2.32. The van der Waals surface area contributed by atoms with Gasteiger partial charge >= 0.3 is 0 Å². The SMILES string of the molecule is CC1(Br)C=CC=C(Cl)C1. The minimum absolute atomic E-state index is 0.0822. The largest absolute Gasteiger partial charge is 0.0891 e. The van der Waals surface area contributed by atoms with Crippen molar-refractivity contribution in [1.82, 2.24) is 0 Å². The molecule has 1 rings (SSSR count). The molecule has 0 N–H and O–H groups in total. The maximum Gasteiger partial charge on any atom is 0.0460 e. The Morgan fingerprint density at radius 2 is 2.44 bits per heavy atom. The molecule has 0 heterocycles. The molecule has 0 radical (unpaired) electrons. The number of alkyl halides is 1. The standard InChI is InChI=1S/C7H8BrCl/c1-7(8)4-2-3-6(9)5-7/h2-4H,5H2,1H3. The maximum absolute atomic E-state index is 5.78. The van der Waals surface area contributed by atoms with Crippen LogP contribution in [0.5, 0.6) is 0 Å². The molecule has 0 aromatic heterocycles. The molecule has 1 aliphatic rings. The second-order valence-electron chi connectivity index (χ2n) is 2.43. The fourth-order valence-corrected chi connectivity index (χ4v) is 1.77. The maximum atomic E-state index is 5.78. The number of halogens is 2. The van der Waals surface area contributed by atoms with Gasteiger partial charge in [-0.2, -0.15) is 0 Å². The van der Waals surface area contributed by atoms with Crippen molar-refractivity contribution in [2.45, 2.75) is 17.7 Å². The van der Waals surface area contributed by atoms with Crippen LogP contribution in [0.2, 0.25) is 0 Å². The van der Waals surface area contributed by atoms with Crippen molar-refractivity contribution in [2.75, 3.05) is 0 Å². The lowest BCUT2D eigenvalue weighted by atomic mass is 10.0. The summed E-state index contributed by atoms with van der Waals surface area (Å²) in [5, 5.41) is 0.914. The molecule has 0 aromatic rings. The van der Waals surface area contributed by atoms with Gasteiger partial charge in [0, 0.05) is 15.8 Å². The van der Waals surface area contributed by atoms with Gasteiger partial charge in [0.2, 0.25) is 0 Å². The van der Waals surface area contributed by atoms with E-state index >= 15 is 0 Å². The van der Waals surface area contributed by atoms with E-state index in [0.29, 0.717) is 0 Å². The van der Waals surface area contributed by atoms with Gasteiger partial charge in [-0.15, -0.1) is 0 Å². The van der Waals surface area contributed by atoms with Crippen LogP contribution in [-0.2, 0) is 0 Å². The van der Waals surface area contributed by atoms with Gasteiger partial charge in [-0.1, -0.05) is 39.7 Å². The van der Waals surface area contributed by atoms with Crippen molar-refractivity contribution < 1.29 is 0 Å². The molecule has 1 unspecified atom stereocenters. The van der Waals surface area contributed by atoms with Crippen molar-refractivity contribution >= 4 is 27.5 Å². The van der Waals surface area contributed by atoms with E-state index < -0.39 is 0 Å². The van der Waals surface area contributed by atoms with E-state index in [0.717, 1.165) is 11.5 Å². The van der Waals surface area contributed by atoms with E-state index in [-0.39, 0.29) is 4.32 Å². The molecule has 1 atom stereocenters. The Balaban J connectivity index is 2.73. The molecule has 0 aromatic carbocycles. The van der Waals surface area contributed by atoms with Gasteiger partial charge in [0.15, 0.2) is 0 Å². The third-order valence-corrected chi connectivity index (χ3v) is 2.04. The van der Waals surface area contributed by atoms with Crippen molar-refractivity contribution in [2.24, 2.45) is 0 Å². The molecule has 1 aliphatic carbocycles. The third kappa shape index (κ3) is 2.15. The molecule has 9 heavy (non-hydrogen) atoms. The molecule has 0 nitrogen and oxygen atoms in total. The van der Waals surface area contributed by atoms with Crippen molar-refractivity contribution in [3.63, 3.8) is 0 Å². The summed E-state index contributed by atoms with van der Waals surface area (Å²) in [5.41, 5.74) is 0. The molecule has 0 spiro atoms. The third-order valence-electron chi connectivity index (χ3n) is 1.24. The molecular formula is C7H8BrCl. The molecule has 0 amide bonds. The Morgan fingerprint density at radius 3 is 2.78 bits per heavy atom. The summed E-state index contributed by atoms with van der Waals surface area (Å²) >= 11 is 9.30. The second kappa shape index (κ2) is 2.47. The van der Waals surface area contributed by atoms with Gasteiger partial charge in [0.25, 0.3) is 0 Å². The number of hydrogen-bond acceptors (Lipinski definition) is 0. The zero-order chi connectivity index (χ0) is 6.91. The predicted molar refractivity (Wildman–Crippen MR) is 45.0 cm³/mol. The van der Waals surface area contributed by atoms with Crippen LogP contribution in [0.1, 0.15) is 13.3 Å². The molecular weight excluding hydrogens is 199 g/mol. The highest BCUT2D eigenvalue weighted by molar-refractivity contribution is 9.10. The van der Waals surface area contributed by atoms with E-state index in [2.05, 4.69) is 28.9 Å². The Morgan fingerprint density at radius 1 is 1.78 bits per heavy atom. The van der Waals surface area contributed by atoms with Crippen LogP contribution in [0, 0.1) is 0 Å². The van der Waals surface area contributed by atoms with Crippen LogP contribution in [0.4, 0.5) is 0 Å². The molecule has 0 bridgehead atoms. The lowest BCUT2D eigenvalue weighted by Crippen LogP contribution is -2.13. The highest BCUT2D eigenvalue weighted by Gasteiger charge is 2.19. The van der Waals surface area contributed by atoms with E-state index in [1.807, 2.05) is 12.2 Å². The lowest BCUT2D eigenvalue weighted by molar-refractivity contribution is 0.805. The summed E-state index contributed by atoms with van der Waals surface area (Å²) in [6.45, 7) is 2.10. The first-order chi connectivity index (χ1) is 4.10. The number of allylic oxidation sites excluding steroid dienone is 4. The normalized spacial score (nSPS) is 34.3. The van der Waals surface area contributed by atoms with Crippen molar-refractivity contribution in [3.8, 4) is 0 Å². The Kier molecular flexibility index (Phi) is 2.02. The Bertz CT molecular complexity index is 168. The highest BCUT2D eigenvalue weighted by atomic mass is 79.9. The molecule has 2 heteroatoms. The monoisotopic (exact) mass is 206 g/mol. The Hall–Kier alpha value is 0.250. The van der Waals surface area contributed by atoms with Crippen LogP contribution in [0.25, 0.3) is 0 Å². The summed E-state index contributed by atoms with van der Waals surface area (Å²) in [6.07, 6.45) is 6.88. The predicted octanol–water partition coefficient (Wildman–Crippen LogP) is 3.22. The van der Waals surface area contributed by atoms with E-state index in [1.54, 1.807) is 0 Å². The summed E-state index contributed by atoms with van der Waals surface area (Å²) in [4.78, 5) is 0. The first-order valence-corrected chi connectivity index (χ1v) is 4.00. The fraction of sp³-hybridized carbons (Fsp3) is 0.429. The molecule has 0 saturated carbocycles. The fourth-order valence-electron chi connectivity index (χ4n) is 0.801. The molecule has 50 valence electrons. The van der Waals surface area contributed by atoms with Crippen LogP contribution in [0.15, 0.2) is 23.3 Å². The van der Waals surface area contributed by atoms with Gasteiger partial charge in [-0.3, -0.25) is 0 Å². The van der Waals surface area contributed by atoms with Crippen LogP contribution < -0.4 is 0 Å². The minimum Gasteiger partial charge on any atom is -0.0891 e. The summed E-state index contributed by atoms with van der Waals surface area (Å²) in [5.74, 6) is 0. The zero-order valence-electron chi connectivity index (χ0n) is 5.20. The first kappa shape index (κ1) is 7.36. The number of hydrogen-bond donors (Lipinski definition) is 0. The van der Waals surface area contributed by atoms with Crippen LogP contribution >= 0.6 is 27.5 Å². The van der Waals surface area contributed by atoms with Crippen molar-refractivity contribution in [1.29, 1.82) is 0 Å². The summed E-state index contributed by atoms with van der Waals surface area (Å²) in [6, 6.07) is 0. The van der Waals surface area contributed by atoms with Gasteiger partial charge < -0.3 is 0 Å². The summed E-state index contributed by atoms with van der Waals surface area (Å²) < 4.78 is 0.0822. The molecule has 0 saturated heterocycles. The average molecular weight is 207 g/mol. The first-order valence-electron chi connectivity index (χ1n) is 2.83. The lowest BCUT2D eigenvalue weighted by Gasteiger charge is -2.19. The van der Waals surface area contributed by atoms with E-state index in [9.17, 15) is 0 Å². The van der Waals surface area contributed by atoms with Crippen LogP contribution in [0.3, 0.4) is 0 Å². The second-order valence-corrected chi connectivity index (χ2v) is 4.72. The van der Waals surface area contributed by atoms with Crippen LogP contribution in [-0.4, -0.2) is 4.32 Å². The summed E-state index contributed by atoms with van der Waals surface area (Å²) in [7, 11) is 0. The topological polar surface area (TPSA) is 0 Å². The van der Waals surface area contributed by atoms with Gasteiger partial charge in [0.1, 0.15) is 0 Å². The van der Waals surface area contributed by atoms with Gasteiger partial charge in [0.05, 0.1) is 0 Å².